The number of fused-ring (bicyclic) bond motifs is 3. The Kier molecular flexibility index (Phi) is 6.55. The van der Waals surface area contributed by atoms with E-state index in [2.05, 4.69) is 15.2 Å². The highest BCUT2D eigenvalue weighted by Crippen LogP contribution is 2.27. The van der Waals surface area contributed by atoms with Crippen LogP contribution in [0, 0.1) is 0 Å². The Bertz CT molecular complexity index is 1320. The number of para-hydroxylation sites is 2. The minimum Gasteiger partial charge on any atom is -0.405 e. The first-order valence-corrected chi connectivity index (χ1v) is 10.4. The van der Waals surface area contributed by atoms with Gasteiger partial charge < -0.3 is 19.7 Å². The fourth-order valence-corrected chi connectivity index (χ4v) is 3.51. The number of rotatable bonds is 8. The molecule has 0 aliphatic heterocycles. The van der Waals surface area contributed by atoms with Gasteiger partial charge in [0.15, 0.2) is 0 Å². The molecule has 11 heteroatoms. The summed E-state index contributed by atoms with van der Waals surface area (Å²) >= 11 is 0. The zero-order chi connectivity index (χ0) is 24.3. The van der Waals surface area contributed by atoms with E-state index in [0.29, 0.717) is 24.8 Å². The number of alkyl halides is 3. The van der Waals surface area contributed by atoms with E-state index >= 15 is 0 Å². The van der Waals surface area contributed by atoms with Gasteiger partial charge >= 0.3 is 6.36 Å². The summed E-state index contributed by atoms with van der Waals surface area (Å²) in [6, 6.07) is 14.6. The Morgan fingerprint density at radius 3 is 2.65 bits per heavy atom. The molecule has 2 aromatic carbocycles. The molecule has 0 bridgehead atoms. The van der Waals surface area contributed by atoms with E-state index in [-0.39, 0.29) is 12.1 Å². The van der Waals surface area contributed by atoms with Gasteiger partial charge in [-0.1, -0.05) is 30.3 Å². The fraction of sp³-hybridized carbons (Fsp3) is 0.261. The number of carbonyl (C=O) groups excluding carboxylic acids is 1. The second-order valence-corrected chi connectivity index (χ2v) is 7.50. The van der Waals surface area contributed by atoms with Crippen LogP contribution in [0.1, 0.15) is 16.1 Å². The lowest BCUT2D eigenvalue weighted by Crippen LogP contribution is -2.26. The summed E-state index contributed by atoms with van der Waals surface area (Å²) in [7, 11) is 3.49. The summed E-state index contributed by atoms with van der Waals surface area (Å²) in [5.41, 5.74) is 1.86. The Morgan fingerprint density at radius 2 is 1.88 bits per heavy atom. The number of nitrogens with zero attached hydrogens (tertiary/aromatic N) is 4. The Balaban J connectivity index is 1.63. The van der Waals surface area contributed by atoms with Crippen molar-refractivity contribution < 1.29 is 27.4 Å². The SMILES string of the molecule is COCCN(C)c1nc2ccccc2c2cc(CNC(=O)c3ccccc3OC(F)(F)F)nn12. The number of carbonyl (C=O) groups is 1. The number of benzene rings is 2. The van der Waals surface area contributed by atoms with E-state index in [4.69, 9.17) is 9.72 Å². The molecule has 8 nitrogen and oxygen atoms in total. The zero-order valence-electron chi connectivity index (χ0n) is 18.5. The molecule has 0 saturated carbocycles. The number of ether oxygens (including phenoxy) is 2. The highest BCUT2D eigenvalue weighted by molar-refractivity contribution is 5.97. The summed E-state index contributed by atoms with van der Waals surface area (Å²) < 4.78 is 48.8. The van der Waals surface area contributed by atoms with Gasteiger partial charge in [-0.2, -0.15) is 9.61 Å². The number of hydrogen-bond donors (Lipinski definition) is 1. The number of aromatic nitrogens is 3. The molecule has 0 atom stereocenters. The van der Waals surface area contributed by atoms with Crippen molar-refractivity contribution >= 4 is 28.3 Å². The maximum atomic E-state index is 12.7. The van der Waals surface area contributed by atoms with Gasteiger partial charge in [-0.25, -0.2) is 4.98 Å². The van der Waals surface area contributed by atoms with E-state index < -0.39 is 18.0 Å². The number of methoxy groups -OCH3 is 1. The highest BCUT2D eigenvalue weighted by Gasteiger charge is 2.32. The topological polar surface area (TPSA) is 81.0 Å². The molecule has 4 aromatic rings. The largest absolute Gasteiger partial charge is 0.573 e. The average Bonchev–Trinajstić information content (AvgIpc) is 3.24. The first kappa shape index (κ1) is 23.3. The van der Waals surface area contributed by atoms with Crippen molar-refractivity contribution in [2.75, 3.05) is 32.2 Å². The first-order chi connectivity index (χ1) is 16.3. The van der Waals surface area contributed by atoms with Crippen LogP contribution in [0.2, 0.25) is 0 Å². The number of halogens is 3. The molecule has 1 N–H and O–H groups in total. The van der Waals surface area contributed by atoms with Gasteiger partial charge in [-0.3, -0.25) is 4.79 Å². The Hall–Kier alpha value is -3.86. The van der Waals surface area contributed by atoms with Crippen molar-refractivity contribution in [2.24, 2.45) is 0 Å². The van der Waals surface area contributed by atoms with Crippen molar-refractivity contribution in [1.29, 1.82) is 0 Å². The van der Waals surface area contributed by atoms with Gasteiger partial charge in [0.2, 0.25) is 5.95 Å². The monoisotopic (exact) mass is 473 g/mol. The normalized spacial score (nSPS) is 11.7. The summed E-state index contributed by atoms with van der Waals surface area (Å²) in [5.74, 6) is -0.690. The maximum Gasteiger partial charge on any atom is 0.573 e. The Morgan fingerprint density at radius 1 is 1.15 bits per heavy atom. The number of likely N-dealkylation sites (N-methyl/N-ethyl adjacent to an activating group) is 1. The van der Waals surface area contributed by atoms with Crippen LogP contribution in [0.4, 0.5) is 19.1 Å². The van der Waals surface area contributed by atoms with Crippen molar-refractivity contribution in [1.82, 2.24) is 19.9 Å². The van der Waals surface area contributed by atoms with Crippen LogP contribution in [0.25, 0.3) is 16.4 Å². The third-order valence-electron chi connectivity index (χ3n) is 5.11. The molecule has 0 unspecified atom stereocenters. The molecule has 0 spiro atoms. The minimum absolute atomic E-state index is 0.00355. The predicted molar refractivity (Wildman–Crippen MR) is 120 cm³/mol. The number of anilines is 1. The summed E-state index contributed by atoms with van der Waals surface area (Å²) in [6.07, 6.45) is -4.91. The molecular formula is C23H22F3N5O3. The quantitative estimate of drug-likeness (QED) is 0.420. The van der Waals surface area contributed by atoms with Gasteiger partial charge in [0.1, 0.15) is 5.75 Å². The Labute approximate surface area is 192 Å². The molecule has 0 fully saturated rings. The average molecular weight is 473 g/mol. The van der Waals surface area contributed by atoms with Crippen LogP contribution in [0.15, 0.2) is 54.6 Å². The van der Waals surface area contributed by atoms with Crippen molar-refractivity contribution in [2.45, 2.75) is 12.9 Å². The standard InChI is InChI=1S/C23H22F3N5O3/c1-30(11-12-33-2)22-28-18-9-5-3-7-16(18)19-13-15(29-31(19)22)14-27-21(32)17-8-4-6-10-20(17)34-23(24,25)26/h3-10,13H,11-12,14H2,1-2H3,(H,27,32). The van der Waals surface area contributed by atoms with Crippen LogP contribution in [0.3, 0.4) is 0 Å². The summed E-state index contributed by atoms with van der Waals surface area (Å²) in [5, 5.41) is 8.08. The van der Waals surface area contributed by atoms with Crippen molar-refractivity contribution in [3.63, 3.8) is 0 Å². The molecule has 1 amide bonds. The van der Waals surface area contributed by atoms with E-state index in [1.54, 1.807) is 11.6 Å². The second kappa shape index (κ2) is 9.56. The highest BCUT2D eigenvalue weighted by atomic mass is 19.4. The molecule has 34 heavy (non-hydrogen) atoms. The van der Waals surface area contributed by atoms with Gasteiger partial charge in [-0.05, 0) is 24.3 Å². The maximum absolute atomic E-state index is 12.7. The number of nitrogens with one attached hydrogen (secondary N) is 1. The van der Waals surface area contributed by atoms with Gasteiger partial charge in [0.25, 0.3) is 5.91 Å². The van der Waals surface area contributed by atoms with E-state index in [1.807, 2.05) is 42.3 Å². The molecule has 178 valence electrons. The van der Waals surface area contributed by atoms with Crippen LogP contribution in [-0.2, 0) is 11.3 Å². The van der Waals surface area contributed by atoms with Crippen LogP contribution in [0.5, 0.6) is 5.75 Å². The van der Waals surface area contributed by atoms with Crippen molar-refractivity contribution in [3.8, 4) is 5.75 Å². The van der Waals surface area contributed by atoms with Crippen LogP contribution in [-0.4, -0.2) is 54.2 Å². The smallest absolute Gasteiger partial charge is 0.405 e. The third-order valence-corrected chi connectivity index (χ3v) is 5.11. The fourth-order valence-electron chi connectivity index (χ4n) is 3.51. The molecule has 0 aliphatic rings. The second-order valence-electron chi connectivity index (χ2n) is 7.50. The lowest BCUT2D eigenvalue weighted by atomic mass is 10.2. The number of amides is 1. The van der Waals surface area contributed by atoms with E-state index in [0.717, 1.165) is 22.5 Å². The molecule has 2 aromatic heterocycles. The van der Waals surface area contributed by atoms with Crippen molar-refractivity contribution in [3.05, 3.63) is 65.9 Å². The molecule has 2 heterocycles. The molecule has 0 aliphatic carbocycles. The molecule has 0 radical (unpaired) electrons. The van der Waals surface area contributed by atoms with Gasteiger partial charge in [-0.15, -0.1) is 13.2 Å². The zero-order valence-corrected chi connectivity index (χ0v) is 18.5. The third kappa shape index (κ3) is 5.04. The van der Waals surface area contributed by atoms with E-state index in [9.17, 15) is 18.0 Å². The molecule has 0 saturated heterocycles. The first-order valence-electron chi connectivity index (χ1n) is 10.4. The lowest BCUT2D eigenvalue weighted by Gasteiger charge is -2.19. The minimum atomic E-state index is -4.91. The van der Waals surface area contributed by atoms with Crippen LogP contribution < -0.4 is 15.0 Å². The van der Waals surface area contributed by atoms with Crippen LogP contribution >= 0.6 is 0 Å². The lowest BCUT2D eigenvalue weighted by molar-refractivity contribution is -0.274. The van der Waals surface area contributed by atoms with Gasteiger partial charge in [0.05, 0.1) is 35.4 Å². The predicted octanol–water partition coefficient (Wildman–Crippen LogP) is 3.79. The van der Waals surface area contributed by atoms with Gasteiger partial charge in [0, 0.05) is 26.1 Å². The molecule has 4 rings (SSSR count). The summed E-state index contributed by atoms with van der Waals surface area (Å²) in [4.78, 5) is 19.2. The van der Waals surface area contributed by atoms with E-state index in [1.165, 1.54) is 18.2 Å². The number of hydrogen-bond acceptors (Lipinski definition) is 6. The summed E-state index contributed by atoms with van der Waals surface area (Å²) in [6.45, 7) is 1.07. The molecular weight excluding hydrogens is 451 g/mol.